The fourth-order valence-corrected chi connectivity index (χ4v) is 1.78. The van der Waals surface area contributed by atoms with Gasteiger partial charge in [-0.05, 0) is 25.7 Å². The SMILES string of the molecule is COCCCCOc1nc(OCCCCOC)nc([N+](C)(C)C)n1. The van der Waals surface area contributed by atoms with Gasteiger partial charge in [0.05, 0.1) is 34.4 Å². The molecular formula is C16H31N4O4+. The first kappa shape index (κ1) is 20.5. The van der Waals surface area contributed by atoms with Gasteiger partial charge in [0.15, 0.2) is 0 Å². The van der Waals surface area contributed by atoms with Crippen molar-refractivity contribution in [2.24, 2.45) is 0 Å². The van der Waals surface area contributed by atoms with Crippen LogP contribution in [0.1, 0.15) is 25.7 Å². The zero-order chi connectivity index (χ0) is 17.8. The molecule has 138 valence electrons. The molecule has 0 aliphatic heterocycles. The van der Waals surface area contributed by atoms with Crippen molar-refractivity contribution in [1.82, 2.24) is 19.4 Å². The quantitative estimate of drug-likeness (QED) is 0.398. The monoisotopic (exact) mass is 343 g/mol. The smallest absolute Gasteiger partial charge is 0.337 e. The molecule has 1 aromatic heterocycles. The summed E-state index contributed by atoms with van der Waals surface area (Å²) in [5.74, 6) is 0.601. The standard InChI is InChI=1S/C16H31N4O4/c1-20(2,3)14-17-15(23-12-8-6-10-21-4)19-16(18-14)24-13-9-7-11-22-5/h6-13H2,1-5H3/q+1. The molecule has 0 radical (unpaired) electrons. The third-order valence-electron chi connectivity index (χ3n) is 3.13. The van der Waals surface area contributed by atoms with Crippen molar-refractivity contribution in [3.05, 3.63) is 0 Å². The van der Waals surface area contributed by atoms with Gasteiger partial charge in [0.25, 0.3) is 0 Å². The molecular weight excluding hydrogens is 312 g/mol. The Morgan fingerprint density at radius 1 is 0.667 bits per heavy atom. The summed E-state index contributed by atoms with van der Waals surface area (Å²) in [7, 11) is 9.34. The molecule has 0 unspecified atom stereocenters. The summed E-state index contributed by atoms with van der Waals surface area (Å²) in [6.07, 6.45) is 3.64. The molecule has 0 aliphatic carbocycles. The highest BCUT2D eigenvalue weighted by Crippen LogP contribution is 2.18. The Morgan fingerprint density at radius 3 is 1.46 bits per heavy atom. The van der Waals surface area contributed by atoms with Crippen LogP contribution in [0.3, 0.4) is 0 Å². The van der Waals surface area contributed by atoms with E-state index in [-0.39, 0.29) is 0 Å². The van der Waals surface area contributed by atoms with E-state index in [9.17, 15) is 0 Å². The molecule has 1 rings (SSSR count). The minimum absolute atomic E-state index is 0.303. The number of rotatable bonds is 13. The highest BCUT2D eigenvalue weighted by Gasteiger charge is 2.21. The predicted octanol–water partition coefficient (Wildman–Crippen LogP) is 1.68. The first-order chi connectivity index (χ1) is 11.5. The second-order valence-corrected chi connectivity index (χ2v) is 6.31. The average Bonchev–Trinajstić information content (AvgIpc) is 2.53. The molecule has 8 heteroatoms. The van der Waals surface area contributed by atoms with Crippen molar-refractivity contribution in [2.75, 3.05) is 61.8 Å². The number of hydrogen-bond acceptors (Lipinski definition) is 7. The number of hydrogen-bond donors (Lipinski definition) is 0. The number of methoxy groups -OCH3 is 2. The Kier molecular flexibility index (Phi) is 9.51. The molecule has 0 spiro atoms. The molecule has 0 amide bonds. The number of quaternary nitrogens is 1. The van der Waals surface area contributed by atoms with Gasteiger partial charge in [-0.15, -0.1) is 15.0 Å². The lowest BCUT2D eigenvalue weighted by Crippen LogP contribution is -2.37. The predicted molar refractivity (Wildman–Crippen MR) is 92.6 cm³/mol. The van der Waals surface area contributed by atoms with Crippen LogP contribution >= 0.6 is 0 Å². The molecule has 0 fully saturated rings. The summed E-state index contributed by atoms with van der Waals surface area (Å²) >= 11 is 0. The van der Waals surface area contributed by atoms with Crippen molar-refractivity contribution in [2.45, 2.75) is 25.7 Å². The summed E-state index contributed by atoms with van der Waals surface area (Å²) in [5, 5.41) is 0. The largest absolute Gasteiger partial charge is 0.463 e. The Bertz CT molecular complexity index is 434. The van der Waals surface area contributed by atoms with Crippen LogP contribution in [0.25, 0.3) is 0 Å². The molecule has 1 heterocycles. The highest BCUT2D eigenvalue weighted by molar-refractivity contribution is 5.25. The van der Waals surface area contributed by atoms with E-state index in [0.717, 1.165) is 38.9 Å². The number of aromatic nitrogens is 3. The molecule has 0 N–H and O–H groups in total. The van der Waals surface area contributed by atoms with Gasteiger partial charge in [-0.25, -0.2) is 0 Å². The van der Waals surface area contributed by atoms with Crippen LogP contribution < -0.4 is 14.0 Å². The van der Waals surface area contributed by atoms with E-state index >= 15 is 0 Å². The highest BCUT2D eigenvalue weighted by atomic mass is 16.5. The molecule has 0 aromatic carbocycles. The van der Waals surface area contributed by atoms with Gasteiger partial charge in [-0.3, -0.25) is 4.48 Å². The van der Waals surface area contributed by atoms with Crippen LogP contribution in [0.5, 0.6) is 12.0 Å². The lowest BCUT2D eigenvalue weighted by Gasteiger charge is -2.20. The lowest BCUT2D eigenvalue weighted by molar-refractivity contribution is 0.178. The zero-order valence-electron chi connectivity index (χ0n) is 15.6. The fraction of sp³-hybridized carbons (Fsp3) is 0.812. The maximum Gasteiger partial charge on any atom is 0.337 e. The molecule has 0 atom stereocenters. The summed E-state index contributed by atoms with van der Waals surface area (Å²) in [6.45, 7) is 2.52. The maximum absolute atomic E-state index is 5.65. The van der Waals surface area contributed by atoms with E-state index in [0.29, 0.717) is 35.7 Å². The molecule has 0 saturated heterocycles. The first-order valence-electron chi connectivity index (χ1n) is 8.29. The van der Waals surface area contributed by atoms with Crippen LogP contribution in [0.2, 0.25) is 0 Å². The summed E-state index contributed by atoms with van der Waals surface area (Å²) in [6, 6.07) is 0.606. The third-order valence-corrected chi connectivity index (χ3v) is 3.13. The van der Waals surface area contributed by atoms with Crippen molar-refractivity contribution < 1.29 is 18.9 Å². The maximum atomic E-state index is 5.65. The Balaban J connectivity index is 2.63. The molecule has 24 heavy (non-hydrogen) atoms. The normalized spacial score (nSPS) is 11.5. The minimum atomic E-state index is 0.303. The molecule has 8 nitrogen and oxygen atoms in total. The molecule has 0 bridgehead atoms. The number of unbranched alkanes of at least 4 members (excludes halogenated alkanes) is 2. The van der Waals surface area contributed by atoms with Gasteiger partial charge in [0, 0.05) is 27.4 Å². The van der Waals surface area contributed by atoms with E-state index in [1.165, 1.54) is 0 Å². The Hall–Kier alpha value is -1.51. The first-order valence-corrected chi connectivity index (χ1v) is 8.29. The van der Waals surface area contributed by atoms with Gasteiger partial charge in [0.2, 0.25) is 0 Å². The fourth-order valence-electron chi connectivity index (χ4n) is 1.78. The van der Waals surface area contributed by atoms with Crippen molar-refractivity contribution in [3.63, 3.8) is 0 Å². The second-order valence-electron chi connectivity index (χ2n) is 6.31. The van der Waals surface area contributed by atoms with Gasteiger partial charge in [-0.1, -0.05) is 0 Å². The number of nitrogens with zero attached hydrogens (tertiary/aromatic N) is 4. The molecule has 0 aliphatic rings. The average molecular weight is 343 g/mol. The van der Waals surface area contributed by atoms with Gasteiger partial charge in [0.1, 0.15) is 0 Å². The van der Waals surface area contributed by atoms with Crippen LogP contribution in [0.4, 0.5) is 5.95 Å². The Morgan fingerprint density at radius 2 is 1.08 bits per heavy atom. The van der Waals surface area contributed by atoms with E-state index in [1.54, 1.807) is 14.2 Å². The van der Waals surface area contributed by atoms with Crippen molar-refractivity contribution in [1.29, 1.82) is 0 Å². The number of ether oxygens (including phenoxy) is 4. The third kappa shape index (κ3) is 8.37. The van der Waals surface area contributed by atoms with Crippen LogP contribution in [-0.4, -0.2) is 76.7 Å². The second kappa shape index (κ2) is 11.1. The minimum Gasteiger partial charge on any atom is -0.463 e. The van der Waals surface area contributed by atoms with E-state index in [2.05, 4.69) is 15.0 Å². The van der Waals surface area contributed by atoms with Crippen molar-refractivity contribution in [3.8, 4) is 12.0 Å². The molecule has 1 aromatic rings. The lowest BCUT2D eigenvalue weighted by atomic mass is 10.3. The van der Waals surface area contributed by atoms with E-state index in [4.69, 9.17) is 18.9 Å². The van der Waals surface area contributed by atoms with Crippen LogP contribution in [-0.2, 0) is 9.47 Å². The summed E-state index contributed by atoms with van der Waals surface area (Å²) in [5.41, 5.74) is 0. The van der Waals surface area contributed by atoms with Crippen LogP contribution in [0.15, 0.2) is 0 Å². The summed E-state index contributed by atoms with van der Waals surface area (Å²) in [4.78, 5) is 13.0. The van der Waals surface area contributed by atoms with E-state index in [1.807, 2.05) is 21.1 Å². The van der Waals surface area contributed by atoms with E-state index < -0.39 is 0 Å². The van der Waals surface area contributed by atoms with Gasteiger partial charge < -0.3 is 18.9 Å². The van der Waals surface area contributed by atoms with Crippen LogP contribution in [0, 0.1) is 0 Å². The summed E-state index contributed by atoms with van der Waals surface area (Å²) < 4.78 is 21.8. The Labute approximate surface area is 144 Å². The van der Waals surface area contributed by atoms with Crippen molar-refractivity contribution >= 4 is 5.95 Å². The zero-order valence-corrected chi connectivity index (χ0v) is 15.6. The van der Waals surface area contributed by atoms with Gasteiger partial charge in [-0.2, -0.15) is 0 Å². The van der Waals surface area contributed by atoms with Gasteiger partial charge >= 0.3 is 18.0 Å². The topological polar surface area (TPSA) is 75.6 Å². The molecule has 0 saturated carbocycles.